The van der Waals surface area contributed by atoms with Crippen molar-refractivity contribution in [2.75, 3.05) is 0 Å². The van der Waals surface area contributed by atoms with Crippen LogP contribution in [0.2, 0.25) is 0 Å². The fourth-order valence-electron chi connectivity index (χ4n) is 5.29. The molecule has 0 aliphatic heterocycles. The van der Waals surface area contributed by atoms with E-state index in [1.165, 1.54) is 38.1 Å². The molecule has 6 aromatic carbocycles. The van der Waals surface area contributed by atoms with E-state index in [1.807, 2.05) is 0 Å². The Kier molecular flexibility index (Phi) is 4.48. The highest BCUT2D eigenvalue weighted by molar-refractivity contribution is 6.19. The quantitative estimate of drug-likeness (QED) is 0.293. The van der Waals surface area contributed by atoms with Crippen molar-refractivity contribution in [2.45, 2.75) is 6.54 Å². The lowest BCUT2D eigenvalue weighted by Gasteiger charge is -2.11. The third-order valence-corrected chi connectivity index (χ3v) is 7.08. The molecule has 35 heavy (non-hydrogen) atoms. The van der Waals surface area contributed by atoms with Crippen LogP contribution in [0.15, 0.2) is 120 Å². The van der Waals surface area contributed by atoms with Crippen LogP contribution in [0.3, 0.4) is 0 Å². The second-order valence-electron chi connectivity index (χ2n) is 9.11. The lowest BCUT2D eigenvalue weighted by molar-refractivity contribution is 0.669. The summed E-state index contributed by atoms with van der Waals surface area (Å²) in [6, 6.07) is 40.8. The number of nitrogens with two attached hydrogens (primary N) is 1. The van der Waals surface area contributed by atoms with Gasteiger partial charge in [-0.25, -0.2) is 0 Å². The average molecular weight is 450 g/mol. The fraction of sp³-hybridized carbons (Fsp3) is 0.0303. The van der Waals surface area contributed by atoms with E-state index < -0.39 is 0 Å². The van der Waals surface area contributed by atoms with Crippen LogP contribution < -0.4 is 5.73 Å². The number of fused-ring (bicyclic) bond motifs is 6. The minimum atomic E-state index is 0.513. The molecule has 2 nitrogen and oxygen atoms in total. The van der Waals surface area contributed by atoms with Crippen molar-refractivity contribution in [2.24, 2.45) is 5.73 Å². The fourth-order valence-corrected chi connectivity index (χ4v) is 5.29. The van der Waals surface area contributed by atoms with Crippen molar-refractivity contribution in [1.29, 1.82) is 0 Å². The third kappa shape index (κ3) is 3.23. The number of rotatable bonds is 3. The molecule has 0 aliphatic rings. The van der Waals surface area contributed by atoms with Gasteiger partial charge in [-0.05, 0) is 79.7 Å². The van der Waals surface area contributed by atoms with Gasteiger partial charge >= 0.3 is 0 Å². The molecule has 2 heteroatoms. The molecule has 0 radical (unpaired) electrons. The smallest absolute Gasteiger partial charge is 0.136 e. The Bertz CT molecular complexity index is 1880. The minimum Gasteiger partial charge on any atom is -0.456 e. The van der Waals surface area contributed by atoms with Crippen molar-refractivity contribution < 1.29 is 4.42 Å². The molecule has 0 spiro atoms. The van der Waals surface area contributed by atoms with Crippen LogP contribution >= 0.6 is 0 Å². The van der Waals surface area contributed by atoms with Crippen LogP contribution in [-0.4, -0.2) is 0 Å². The standard InChI is InChI=1S/C33H23NO/c34-20-27-17-24-6-1-2-7-25(24)18-30(27)23-11-9-21(10-12-23)26-13-15-29-32(19-26)35-31-16-14-22-5-3-4-8-28(22)33(29)31/h1-19H,20,34H2. The molecular weight excluding hydrogens is 426 g/mol. The van der Waals surface area contributed by atoms with Gasteiger partial charge in [0.05, 0.1) is 0 Å². The zero-order valence-electron chi connectivity index (χ0n) is 19.2. The first-order chi connectivity index (χ1) is 17.3. The highest BCUT2D eigenvalue weighted by Gasteiger charge is 2.12. The Morgan fingerprint density at radius 3 is 2.00 bits per heavy atom. The molecule has 166 valence electrons. The van der Waals surface area contributed by atoms with Gasteiger partial charge < -0.3 is 10.2 Å². The second-order valence-corrected chi connectivity index (χ2v) is 9.11. The monoisotopic (exact) mass is 449 g/mol. The Morgan fingerprint density at radius 1 is 0.514 bits per heavy atom. The molecule has 0 atom stereocenters. The zero-order valence-corrected chi connectivity index (χ0v) is 19.2. The molecule has 0 unspecified atom stereocenters. The van der Waals surface area contributed by atoms with Crippen molar-refractivity contribution in [3.05, 3.63) is 121 Å². The van der Waals surface area contributed by atoms with E-state index in [1.54, 1.807) is 0 Å². The molecule has 0 bridgehead atoms. The molecule has 7 rings (SSSR count). The summed E-state index contributed by atoms with van der Waals surface area (Å²) in [6.07, 6.45) is 0. The lowest BCUT2D eigenvalue weighted by Crippen LogP contribution is -1.99. The van der Waals surface area contributed by atoms with Gasteiger partial charge in [0.1, 0.15) is 11.2 Å². The molecule has 0 fully saturated rings. The van der Waals surface area contributed by atoms with Crippen LogP contribution in [0.25, 0.3) is 65.7 Å². The van der Waals surface area contributed by atoms with Crippen LogP contribution in [-0.2, 0) is 6.54 Å². The summed E-state index contributed by atoms with van der Waals surface area (Å²) in [5, 5.41) is 7.25. The van der Waals surface area contributed by atoms with Gasteiger partial charge in [0, 0.05) is 17.3 Å². The molecule has 7 aromatic rings. The Labute approximate surface area is 203 Å². The highest BCUT2D eigenvalue weighted by atomic mass is 16.3. The Hall–Kier alpha value is -4.40. The van der Waals surface area contributed by atoms with E-state index >= 15 is 0 Å². The van der Waals surface area contributed by atoms with Gasteiger partial charge in [0.15, 0.2) is 0 Å². The van der Waals surface area contributed by atoms with E-state index in [2.05, 4.69) is 115 Å². The van der Waals surface area contributed by atoms with Gasteiger partial charge in [-0.1, -0.05) is 84.9 Å². The molecule has 1 aromatic heterocycles. The molecule has 1 heterocycles. The summed E-state index contributed by atoms with van der Waals surface area (Å²) < 4.78 is 6.27. The van der Waals surface area contributed by atoms with Crippen LogP contribution in [0, 0.1) is 0 Å². The minimum absolute atomic E-state index is 0.513. The maximum atomic E-state index is 6.27. The predicted octanol–water partition coefficient (Wildman–Crippen LogP) is 8.69. The largest absolute Gasteiger partial charge is 0.456 e. The summed E-state index contributed by atoms with van der Waals surface area (Å²) in [7, 11) is 0. The summed E-state index contributed by atoms with van der Waals surface area (Å²) in [5.74, 6) is 0. The highest BCUT2D eigenvalue weighted by Crippen LogP contribution is 2.37. The maximum Gasteiger partial charge on any atom is 0.136 e. The predicted molar refractivity (Wildman–Crippen MR) is 147 cm³/mol. The Balaban J connectivity index is 1.31. The summed E-state index contributed by atoms with van der Waals surface area (Å²) in [4.78, 5) is 0. The maximum absolute atomic E-state index is 6.27. The molecule has 0 saturated heterocycles. The average Bonchev–Trinajstić information content (AvgIpc) is 3.31. The first-order valence-corrected chi connectivity index (χ1v) is 11.9. The normalized spacial score (nSPS) is 11.7. The van der Waals surface area contributed by atoms with Crippen LogP contribution in [0.5, 0.6) is 0 Å². The van der Waals surface area contributed by atoms with Crippen molar-refractivity contribution in [3.63, 3.8) is 0 Å². The number of furan rings is 1. The number of hydrogen-bond acceptors (Lipinski definition) is 2. The van der Waals surface area contributed by atoms with E-state index in [9.17, 15) is 0 Å². The number of benzene rings is 6. The first kappa shape index (κ1) is 20.0. The number of hydrogen-bond donors (Lipinski definition) is 1. The summed E-state index contributed by atoms with van der Waals surface area (Å²) in [6.45, 7) is 0.513. The lowest BCUT2D eigenvalue weighted by atomic mass is 9.94. The SMILES string of the molecule is NCc1cc2ccccc2cc1-c1ccc(-c2ccc3c(c2)oc2ccc4ccccc4c23)cc1. The van der Waals surface area contributed by atoms with Gasteiger partial charge in [-0.3, -0.25) is 0 Å². The van der Waals surface area contributed by atoms with Crippen LogP contribution in [0.1, 0.15) is 5.56 Å². The topological polar surface area (TPSA) is 39.2 Å². The molecule has 2 N–H and O–H groups in total. The summed E-state index contributed by atoms with van der Waals surface area (Å²) in [5.41, 5.74) is 13.8. The van der Waals surface area contributed by atoms with E-state index in [0.29, 0.717) is 6.54 Å². The molecule has 0 amide bonds. The van der Waals surface area contributed by atoms with Gasteiger partial charge in [0.2, 0.25) is 0 Å². The van der Waals surface area contributed by atoms with E-state index in [0.717, 1.165) is 33.2 Å². The first-order valence-electron chi connectivity index (χ1n) is 11.9. The molecule has 0 saturated carbocycles. The molecular formula is C33H23NO. The summed E-state index contributed by atoms with van der Waals surface area (Å²) >= 11 is 0. The molecule has 0 aliphatic carbocycles. The van der Waals surface area contributed by atoms with Crippen molar-refractivity contribution in [3.8, 4) is 22.3 Å². The van der Waals surface area contributed by atoms with Crippen molar-refractivity contribution >= 4 is 43.5 Å². The third-order valence-electron chi connectivity index (χ3n) is 7.08. The van der Waals surface area contributed by atoms with E-state index in [-0.39, 0.29) is 0 Å². The van der Waals surface area contributed by atoms with E-state index in [4.69, 9.17) is 10.2 Å². The van der Waals surface area contributed by atoms with Crippen LogP contribution in [0.4, 0.5) is 0 Å². The second kappa shape index (κ2) is 7.83. The Morgan fingerprint density at radius 2 is 1.20 bits per heavy atom. The van der Waals surface area contributed by atoms with Gasteiger partial charge in [-0.2, -0.15) is 0 Å². The van der Waals surface area contributed by atoms with Gasteiger partial charge in [-0.15, -0.1) is 0 Å². The van der Waals surface area contributed by atoms with Crippen molar-refractivity contribution in [1.82, 2.24) is 0 Å². The van der Waals surface area contributed by atoms with Gasteiger partial charge in [0.25, 0.3) is 0 Å². The zero-order chi connectivity index (χ0) is 23.4.